The number of anilines is 1. The molecule has 0 radical (unpaired) electrons. The van der Waals surface area contributed by atoms with Crippen molar-refractivity contribution in [2.45, 2.75) is 32.2 Å². The van der Waals surface area contributed by atoms with Crippen molar-refractivity contribution in [2.24, 2.45) is 5.92 Å². The molecule has 20 heavy (non-hydrogen) atoms. The van der Waals surface area contributed by atoms with Crippen molar-refractivity contribution in [1.29, 1.82) is 0 Å². The van der Waals surface area contributed by atoms with Gasteiger partial charge in [-0.2, -0.15) is 0 Å². The number of pyridine rings is 1. The Hall–Kier alpha value is -1.62. The van der Waals surface area contributed by atoms with E-state index in [1.54, 1.807) is 19.5 Å². The number of aromatic nitrogens is 1. The highest BCUT2D eigenvalue weighted by molar-refractivity contribution is 5.89. The molecule has 0 saturated heterocycles. The minimum Gasteiger partial charge on any atom is -0.383 e. The third-order valence-corrected chi connectivity index (χ3v) is 3.93. The molecular weight excluding hydrogens is 254 g/mol. The third-order valence-electron chi connectivity index (χ3n) is 3.93. The van der Waals surface area contributed by atoms with Crippen LogP contribution in [0.5, 0.6) is 0 Å². The van der Waals surface area contributed by atoms with Crippen LogP contribution in [0, 0.1) is 5.92 Å². The van der Waals surface area contributed by atoms with Gasteiger partial charge < -0.3 is 15.0 Å². The van der Waals surface area contributed by atoms with E-state index in [9.17, 15) is 4.79 Å². The number of hydrogen-bond donors (Lipinski definition) is 1. The maximum atomic E-state index is 12.5. The summed E-state index contributed by atoms with van der Waals surface area (Å²) in [6, 6.07) is 3.90. The molecule has 0 aliphatic heterocycles. The first-order valence-corrected chi connectivity index (χ1v) is 7.19. The molecule has 1 aromatic rings. The molecule has 1 aromatic heterocycles. The Balaban J connectivity index is 2.03. The fourth-order valence-corrected chi connectivity index (χ4v) is 2.83. The normalized spacial score (nSPS) is 21.7. The lowest BCUT2D eigenvalue weighted by atomic mass is 10.1. The molecule has 1 fully saturated rings. The number of rotatable bonds is 5. The summed E-state index contributed by atoms with van der Waals surface area (Å²) in [7, 11) is 1.66. The van der Waals surface area contributed by atoms with Crippen molar-refractivity contribution in [3.8, 4) is 0 Å². The van der Waals surface area contributed by atoms with E-state index >= 15 is 0 Å². The zero-order valence-electron chi connectivity index (χ0n) is 12.2. The number of carbonyl (C=O) groups is 1. The highest BCUT2D eigenvalue weighted by Gasteiger charge is 2.31. The van der Waals surface area contributed by atoms with Gasteiger partial charge in [0.25, 0.3) is 0 Å². The molecule has 1 aliphatic rings. The van der Waals surface area contributed by atoms with Crippen LogP contribution in [0.2, 0.25) is 0 Å². The number of amides is 2. The fraction of sp³-hybridized carbons (Fsp3) is 0.600. The molecule has 2 rings (SSSR count). The van der Waals surface area contributed by atoms with Crippen molar-refractivity contribution < 1.29 is 9.53 Å². The number of ether oxygens (including phenoxy) is 1. The van der Waals surface area contributed by atoms with E-state index in [0.29, 0.717) is 25.1 Å². The molecule has 5 heteroatoms. The van der Waals surface area contributed by atoms with Gasteiger partial charge in [0.1, 0.15) is 0 Å². The van der Waals surface area contributed by atoms with Crippen LogP contribution in [0.3, 0.4) is 0 Å². The summed E-state index contributed by atoms with van der Waals surface area (Å²) in [6.45, 7) is 3.40. The molecule has 2 amide bonds. The minimum atomic E-state index is -0.0613. The third kappa shape index (κ3) is 3.70. The summed E-state index contributed by atoms with van der Waals surface area (Å²) in [4.78, 5) is 18.4. The Kier molecular flexibility index (Phi) is 5.35. The number of nitrogens with zero attached hydrogens (tertiary/aromatic N) is 2. The van der Waals surface area contributed by atoms with E-state index in [1.807, 2.05) is 17.0 Å². The predicted molar refractivity (Wildman–Crippen MR) is 78.6 cm³/mol. The highest BCUT2D eigenvalue weighted by Crippen LogP contribution is 2.29. The second-order valence-corrected chi connectivity index (χ2v) is 5.33. The van der Waals surface area contributed by atoms with Gasteiger partial charge >= 0.3 is 6.03 Å². The maximum Gasteiger partial charge on any atom is 0.322 e. The molecule has 0 spiro atoms. The molecule has 5 nitrogen and oxygen atoms in total. The van der Waals surface area contributed by atoms with Crippen LogP contribution < -0.4 is 5.32 Å². The molecular formula is C15H23N3O2. The molecule has 1 aliphatic carbocycles. The van der Waals surface area contributed by atoms with Crippen LogP contribution in [-0.2, 0) is 4.74 Å². The van der Waals surface area contributed by atoms with Gasteiger partial charge in [0.05, 0.1) is 18.5 Å². The first-order valence-electron chi connectivity index (χ1n) is 7.19. The molecule has 1 N–H and O–H groups in total. The molecule has 0 aromatic carbocycles. The van der Waals surface area contributed by atoms with Gasteiger partial charge in [-0.3, -0.25) is 4.98 Å². The lowest BCUT2D eigenvalue weighted by Crippen LogP contribution is -2.45. The number of carbonyl (C=O) groups excluding carboxylic acids is 1. The van der Waals surface area contributed by atoms with E-state index in [4.69, 9.17) is 4.74 Å². The molecule has 110 valence electrons. The van der Waals surface area contributed by atoms with Crippen molar-refractivity contribution in [3.05, 3.63) is 24.5 Å². The standard InChI is InChI=1S/C15H23N3O2/c1-12-5-3-7-14(12)18(9-10-20-2)15(19)17-13-6-4-8-16-11-13/h4,6,8,11-12,14H,3,5,7,9-10H2,1-2H3,(H,17,19). The number of urea groups is 1. The molecule has 2 unspecified atom stereocenters. The van der Waals surface area contributed by atoms with Gasteiger partial charge in [0.15, 0.2) is 0 Å². The van der Waals surface area contributed by atoms with E-state index in [0.717, 1.165) is 12.1 Å². The van der Waals surface area contributed by atoms with Crippen LogP contribution in [0.25, 0.3) is 0 Å². The number of methoxy groups -OCH3 is 1. The minimum absolute atomic E-state index is 0.0613. The monoisotopic (exact) mass is 277 g/mol. The highest BCUT2D eigenvalue weighted by atomic mass is 16.5. The van der Waals surface area contributed by atoms with Crippen LogP contribution in [0.15, 0.2) is 24.5 Å². The Morgan fingerprint density at radius 2 is 2.40 bits per heavy atom. The van der Waals surface area contributed by atoms with Gasteiger partial charge in [0, 0.05) is 25.9 Å². The Morgan fingerprint density at radius 1 is 1.55 bits per heavy atom. The molecule has 2 atom stereocenters. The Labute approximate surface area is 120 Å². The largest absolute Gasteiger partial charge is 0.383 e. The van der Waals surface area contributed by atoms with Crippen molar-refractivity contribution in [1.82, 2.24) is 9.88 Å². The van der Waals surface area contributed by atoms with Crippen molar-refractivity contribution >= 4 is 11.7 Å². The van der Waals surface area contributed by atoms with Crippen LogP contribution >= 0.6 is 0 Å². The smallest absolute Gasteiger partial charge is 0.322 e. The van der Waals surface area contributed by atoms with E-state index in [1.165, 1.54) is 12.8 Å². The lowest BCUT2D eigenvalue weighted by Gasteiger charge is -2.31. The number of hydrogen-bond acceptors (Lipinski definition) is 3. The Bertz CT molecular complexity index is 424. The molecule has 0 bridgehead atoms. The van der Waals surface area contributed by atoms with Gasteiger partial charge in [-0.15, -0.1) is 0 Å². The van der Waals surface area contributed by atoms with Crippen LogP contribution in [0.4, 0.5) is 10.5 Å². The zero-order valence-corrected chi connectivity index (χ0v) is 12.2. The topological polar surface area (TPSA) is 54.5 Å². The van der Waals surface area contributed by atoms with E-state index in [2.05, 4.69) is 17.2 Å². The van der Waals surface area contributed by atoms with Crippen molar-refractivity contribution in [2.75, 3.05) is 25.6 Å². The predicted octanol–water partition coefficient (Wildman–Crippen LogP) is 2.75. The summed E-state index contributed by atoms with van der Waals surface area (Å²) < 4.78 is 5.13. The molecule has 1 heterocycles. The second-order valence-electron chi connectivity index (χ2n) is 5.33. The summed E-state index contributed by atoms with van der Waals surface area (Å²) in [5.74, 6) is 0.548. The average molecular weight is 277 g/mol. The summed E-state index contributed by atoms with van der Waals surface area (Å²) in [6.07, 6.45) is 6.80. The summed E-state index contributed by atoms with van der Waals surface area (Å²) in [5.41, 5.74) is 0.727. The quantitative estimate of drug-likeness (QED) is 0.900. The summed E-state index contributed by atoms with van der Waals surface area (Å²) >= 11 is 0. The van der Waals surface area contributed by atoms with E-state index < -0.39 is 0 Å². The second kappa shape index (κ2) is 7.24. The fourth-order valence-electron chi connectivity index (χ4n) is 2.83. The number of nitrogens with one attached hydrogen (secondary N) is 1. The Morgan fingerprint density at radius 3 is 3.00 bits per heavy atom. The SMILES string of the molecule is COCCN(C(=O)Nc1cccnc1)C1CCCC1C. The maximum absolute atomic E-state index is 12.5. The first kappa shape index (κ1) is 14.8. The lowest BCUT2D eigenvalue weighted by molar-refractivity contribution is 0.126. The van der Waals surface area contributed by atoms with Crippen LogP contribution in [-0.4, -0.2) is 42.2 Å². The van der Waals surface area contributed by atoms with Gasteiger partial charge in [0.2, 0.25) is 0 Å². The van der Waals surface area contributed by atoms with Crippen LogP contribution in [0.1, 0.15) is 26.2 Å². The van der Waals surface area contributed by atoms with E-state index in [-0.39, 0.29) is 6.03 Å². The summed E-state index contributed by atoms with van der Waals surface area (Å²) in [5, 5.41) is 2.92. The van der Waals surface area contributed by atoms with Gasteiger partial charge in [-0.05, 0) is 30.9 Å². The first-order chi connectivity index (χ1) is 9.72. The van der Waals surface area contributed by atoms with Gasteiger partial charge in [-0.25, -0.2) is 4.79 Å². The average Bonchev–Trinajstić information content (AvgIpc) is 2.87. The zero-order chi connectivity index (χ0) is 14.4. The van der Waals surface area contributed by atoms with Crippen molar-refractivity contribution in [3.63, 3.8) is 0 Å². The van der Waals surface area contributed by atoms with Gasteiger partial charge in [-0.1, -0.05) is 13.3 Å². The molecule has 1 saturated carbocycles.